The third-order valence-electron chi connectivity index (χ3n) is 3.47. The molecule has 0 saturated carbocycles. The summed E-state index contributed by atoms with van der Waals surface area (Å²) in [4.78, 5) is 58.4. The average Bonchev–Trinajstić information content (AvgIpc) is 2.61. The van der Waals surface area contributed by atoms with E-state index in [9.17, 15) is 24.0 Å². The van der Waals surface area contributed by atoms with Gasteiger partial charge in [-0.15, -0.1) is 0 Å². The molecule has 0 heterocycles. The van der Waals surface area contributed by atoms with Gasteiger partial charge in [0, 0.05) is 0 Å². The van der Waals surface area contributed by atoms with Crippen molar-refractivity contribution < 1.29 is 39.3 Å². The number of aliphatic hydroxyl groups is 1. The zero-order chi connectivity index (χ0) is 21.9. The van der Waals surface area contributed by atoms with Gasteiger partial charge in [0.15, 0.2) is 0 Å². The molecule has 0 aromatic heterocycles. The highest BCUT2D eigenvalue weighted by Crippen LogP contribution is 2.04. The lowest BCUT2D eigenvalue weighted by atomic mass is 10.1. The molecule has 4 atom stereocenters. The van der Waals surface area contributed by atoms with Crippen molar-refractivity contribution >= 4 is 41.4 Å². The van der Waals surface area contributed by atoms with Gasteiger partial charge in [-0.05, 0) is 25.4 Å². The molecule has 0 bridgehead atoms. The molecule has 8 N–H and O–H groups in total. The van der Waals surface area contributed by atoms with Crippen molar-refractivity contribution in [3.05, 3.63) is 0 Å². The summed E-state index contributed by atoms with van der Waals surface area (Å²) in [6.07, 6.45) is 1.12. The lowest BCUT2D eigenvalue weighted by molar-refractivity contribution is -0.144. The smallest absolute Gasteiger partial charge is 0.328 e. The van der Waals surface area contributed by atoms with Gasteiger partial charge in [-0.2, -0.15) is 11.8 Å². The fourth-order valence-corrected chi connectivity index (χ4v) is 2.39. The second-order valence-corrected chi connectivity index (χ2v) is 6.86. The standard InChI is InChI=1S/C15H26N4O8S/c1-7(16)12(23)18-9(5-11(21)22)14(25)17-8(3-4-28-2)13(24)19-10(6-20)15(26)27/h7-10,20H,3-6,16H2,1-2H3,(H,17,25)(H,18,23)(H,19,24)(H,21,22)(H,26,27). The second-order valence-electron chi connectivity index (χ2n) is 5.87. The summed E-state index contributed by atoms with van der Waals surface area (Å²) in [7, 11) is 0. The van der Waals surface area contributed by atoms with E-state index in [0.717, 1.165) is 0 Å². The summed E-state index contributed by atoms with van der Waals surface area (Å²) in [5.41, 5.74) is 5.39. The third-order valence-corrected chi connectivity index (χ3v) is 4.11. The van der Waals surface area contributed by atoms with Crippen LogP contribution in [0.2, 0.25) is 0 Å². The summed E-state index contributed by atoms with van der Waals surface area (Å²) in [5, 5.41) is 33.4. The first-order valence-electron chi connectivity index (χ1n) is 8.24. The number of thioether (sulfide) groups is 1. The number of carboxylic acids is 2. The largest absolute Gasteiger partial charge is 0.481 e. The Labute approximate surface area is 165 Å². The maximum atomic E-state index is 12.4. The van der Waals surface area contributed by atoms with Crippen molar-refractivity contribution in [1.29, 1.82) is 0 Å². The molecule has 28 heavy (non-hydrogen) atoms. The molecule has 0 aromatic rings. The molecule has 0 fully saturated rings. The average molecular weight is 422 g/mol. The minimum absolute atomic E-state index is 0.109. The number of carbonyl (C=O) groups excluding carboxylic acids is 3. The van der Waals surface area contributed by atoms with Crippen LogP contribution in [0.1, 0.15) is 19.8 Å². The van der Waals surface area contributed by atoms with Crippen LogP contribution in [0.4, 0.5) is 0 Å². The van der Waals surface area contributed by atoms with E-state index >= 15 is 0 Å². The van der Waals surface area contributed by atoms with E-state index in [2.05, 4.69) is 16.0 Å². The van der Waals surface area contributed by atoms with Crippen LogP contribution in [0.3, 0.4) is 0 Å². The van der Waals surface area contributed by atoms with Crippen LogP contribution in [-0.2, 0) is 24.0 Å². The maximum Gasteiger partial charge on any atom is 0.328 e. The van der Waals surface area contributed by atoms with Crippen molar-refractivity contribution in [1.82, 2.24) is 16.0 Å². The normalized spacial score (nSPS) is 14.9. The highest BCUT2D eigenvalue weighted by molar-refractivity contribution is 7.98. The predicted molar refractivity (Wildman–Crippen MR) is 99.4 cm³/mol. The number of aliphatic hydroxyl groups excluding tert-OH is 1. The first-order valence-corrected chi connectivity index (χ1v) is 9.63. The molecule has 4 unspecified atom stereocenters. The maximum absolute atomic E-state index is 12.4. The molecule has 0 aliphatic carbocycles. The molecule has 3 amide bonds. The van der Waals surface area contributed by atoms with Gasteiger partial charge in [0.2, 0.25) is 17.7 Å². The van der Waals surface area contributed by atoms with Gasteiger partial charge < -0.3 is 37.0 Å². The van der Waals surface area contributed by atoms with E-state index < -0.39 is 66.9 Å². The van der Waals surface area contributed by atoms with Gasteiger partial charge in [0.05, 0.1) is 19.1 Å². The van der Waals surface area contributed by atoms with Crippen LogP contribution < -0.4 is 21.7 Å². The van der Waals surface area contributed by atoms with Gasteiger partial charge in [-0.25, -0.2) is 4.79 Å². The first-order chi connectivity index (χ1) is 13.0. The second kappa shape index (κ2) is 12.9. The number of aliphatic carboxylic acids is 2. The monoisotopic (exact) mass is 422 g/mol. The van der Waals surface area contributed by atoms with Gasteiger partial charge in [0.1, 0.15) is 18.1 Å². The zero-order valence-electron chi connectivity index (χ0n) is 15.5. The minimum Gasteiger partial charge on any atom is -0.481 e. The van der Waals surface area contributed by atoms with E-state index in [1.807, 2.05) is 0 Å². The lowest BCUT2D eigenvalue weighted by Gasteiger charge is -2.24. The Kier molecular flexibility index (Phi) is 11.8. The van der Waals surface area contributed by atoms with E-state index in [0.29, 0.717) is 5.75 Å². The summed E-state index contributed by atoms with van der Waals surface area (Å²) in [6.45, 7) is 0.497. The number of carboxylic acid groups (broad SMARTS) is 2. The molecule has 0 aromatic carbocycles. The van der Waals surface area contributed by atoms with Crippen LogP contribution in [-0.4, -0.2) is 87.8 Å². The first kappa shape index (κ1) is 25.6. The Morgan fingerprint density at radius 2 is 1.43 bits per heavy atom. The van der Waals surface area contributed by atoms with E-state index in [4.69, 9.17) is 21.1 Å². The van der Waals surface area contributed by atoms with E-state index in [-0.39, 0.29) is 6.42 Å². The molecule has 0 radical (unpaired) electrons. The SMILES string of the molecule is CSCCC(NC(=O)C(CC(=O)O)NC(=O)C(C)N)C(=O)NC(CO)C(=O)O. The van der Waals surface area contributed by atoms with Crippen LogP contribution in [0, 0.1) is 0 Å². The van der Waals surface area contributed by atoms with Gasteiger partial charge in [-0.3, -0.25) is 19.2 Å². The van der Waals surface area contributed by atoms with Crippen LogP contribution in [0.5, 0.6) is 0 Å². The van der Waals surface area contributed by atoms with Crippen molar-refractivity contribution in [3.8, 4) is 0 Å². The van der Waals surface area contributed by atoms with Crippen molar-refractivity contribution in [2.75, 3.05) is 18.6 Å². The Hall–Kier alpha value is -2.38. The number of nitrogens with two attached hydrogens (primary N) is 1. The van der Waals surface area contributed by atoms with Crippen LogP contribution in [0.25, 0.3) is 0 Å². The predicted octanol–water partition coefficient (Wildman–Crippen LogP) is -2.91. The Morgan fingerprint density at radius 3 is 1.86 bits per heavy atom. The third kappa shape index (κ3) is 9.53. The number of hydrogen-bond donors (Lipinski definition) is 7. The summed E-state index contributed by atoms with van der Waals surface area (Å²) < 4.78 is 0. The molecule has 0 rings (SSSR count). The number of nitrogens with one attached hydrogen (secondary N) is 3. The van der Waals surface area contributed by atoms with E-state index in [1.165, 1.54) is 18.7 Å². The fraction of sp³-hybridized carbons (Fsp3) is 0.667. The Balaban J connectivity index is 5.30. The molecular weight excluding hydrogens is 396 g/mol. The van der Waals surface area contributed by atoms with Crippen molar-refractivity contribution in [2.24, 2.45) is 5.73 Å². The van der Waals surface area contributed by atoms with Crippen LogP contribution >= 0.6 is 11.8 Å². The van der Waals surface area contributed by atoms with Gasteiger partial charge >= 0.3 is 11.9 Å². The number of carbonyl (C=O) groups is 5. The van der Waals surface area contributed by atoms with Crippen molar-refractivity contribution in [2.45, 2.75) is 43.9 Å². The molecule has 0 aliphatic rings. The highest BCUT2D eigenvalue weighted by atomic mass is 32.2. The van der Waals surface area contributed by atoms with Gasteiger partial charge in [-0.1, -0.05) is 0 Å². The molecule has 12 nitrogen and oxygen atoms in total. The minimum atomic E-state index is -1.56. The molecule has 160 valence electrons. The highest BCUT2D eigenvalue weighted by Gasteiger charge is 2.30. The number of rotatable bonds is 13. The van der Waals surface area contributed by atoms with E-state index in [1.54, 1.807) is 6.26 Å². The summed E-state index contributed by atoms with van der Waals surface area (Å²) in [5.74, 6) is -4.95. The Morgan fingerprint density at radius 1 is 0.929 bits per heavy atom. The quantitative estimate of drug-likeness (QED) is 0.161. The lowest BCUT2D eigenvalue weighted by Crippen LogP contribution is -2.57. The zero-order valence-corrected chi connectivity index (χ0v) is 16.3. The number of hydrogen-bond acceptors (Lipinski definition) is 8. The fourth-order valence-electron chi connectivity index (χ4n) is 1.92. The Bertz CT molecular complexity index is 586. The molecule has 0 saturated heterocycles. The molecular formula is C15H26N4O8S. The van der Waals surface area contributed by atoms with Crippen LogP contribution in [0.15, 0.2) is 0 Å². The molecule has 13 heteroatoms. The molecule has 0 aliphatic heterocycles. The molecule has 0 spiro atoms. The summed E-state index contributed by atoms with van der Waals surface area (Å²) >= 11 is 1.36. The summed E-state index contributed by atoms with van der Waals surface area (Å²) in [6, 6.07) is -5.22. The van der Waals surface area contributed by atoms with Crippen molar-refractivity contribution in [3.63, 3.8) is 0 Å². The topological polar surface area (TPSA) is 208 Å². The van der Waals surface area contributed by atoms with Gasteiger partial charge in [0.25, 0.3) is 0 Å². The number of amides is 3.